The smallest absolute Gasteiger partial charge is 0.257 e. The van der Waals surface area contributed by atoms with E-state index in [4.69, 9.17) is 5.84 Å². The number of nitrogen functional groups attached to an aromatic ring is 1. The zero-order valence-corrected chi connectivity index (χ0v) is 10.7. The standard InChI is InChI=1S/C14H16N4O/c1-2-10-3-6-12(7-4-10)17-14(19)11-5-8-13(18-15)16-9-11/h3-9H,2,15H2,1H3,(H,16,18)(H,17,19). The van der Waals surface area contributed by atoms with E-state index in [-0.39, 0.29) is 5.91 Å². The van der Waals surface area contributed by atoms with Crippen LogP contribution in [-0.4, -0.2) is 10.9 Å². The van der Waals surface area contributed by atoms with E-state index >= 15 is 0 Å². The van der Waals surface area contributed by atoms with Crippen molar-refractivity contribution in [3.8, 4) is 0 Å². The van der Waals surface area contributed by atoms with E-state index in [0.29, 0.717) is 11.4 Å². The Balaban J connectivity index is 2.06. The first-order valence-electron chi connectivity index (χ1n) is 6.06. The summed E-state index contributed by atoms with van der Waals surface area (Å²) in [7, 11) is 0. The normalized spacial score (nSPS) is 10.0. The number of rotatable bonds is 4. The maximum absolute atomic E-state index is 12.0. The molecule has 5 heteroatoms. The van der Waals surface area contributed by atoms with Crippen molar-refractivity contribution in [1.82, 2.24) is 4.98 Å². The highest BCUT2D eigenvalue weighted by atomic mass is 16.1. The van der Waals surface area contributed by atoms with E-state index in [0.717, 1.165) is 12.1 Å². The molecule has 2 rings (SSSR count). The van der Waals surface area contributed by atoms with Gasteiger partial charge in [-0.3, -0.25) is 4.79 Å². The molecule has 0 fully saturated rings. The molecule has 0 radical (unpaired) electrons. The van der Waals surface area contributed by atoms with Crippen molar-refractivity contribution in [3.63, 3.8) is 0 Å². The summed E-state index contributed by atoms with van der Waals surface area (Å²) < 4.78 is 0. The Bertz CT molecular complexity index is 549. The van der Waals surface area contributed by atoms with Crippen LogP contribution in [0.3, 0.4) is 0 Å². The largest absolute Gasteiger partial charge is 0.322 e. The van der Waals surface area contributed by atoms with Crippen molar-refractivity contribution >= 4 is 17.4 Å². The Labute approximate surface area is 111 Å². The predicted molar refractivity (Wildman–Crippen MR) is 75.8 cm³/mol. The van der Waals surface area contributed by atoms with E-state index in [2.05, 4.69) is 22.7 Å². The highest BCUT2D eigenvalue weighted by molar-refractivity contribution is 6.04. The van der Waals surface area contributed by atoms with Crippen LogP contribution < -0.4 is 16.6 Å². The van der Waals surface area contributed by atoms with Gasteiger partial charge in [0, 0.05) is 11.9 Å². The van der Waals surface area contributed by atoms with Crippen LogP contribution in [0.15, 0.2) is 42.6 Å². The molecule has 98 valence electrons. The monoisotopic (exact) mass is 256 g/mol. The van der Waals surface area contributed by atoms with Crippen LogP contribution in [0, 0.1) is 0 Å². The molecule has 0 saturated carbocycles. The van der Waals surface area contributed by atoms with Crippen molar-refractivity contribution in [3.05, 3.63) is 53.7 Å². The molecule has 0 spiro atoms. The molecule has 1 amide bonds. The molecule has 0 aliphatic carbocycles. The lowest BCUT2D eigenvalue weighted by molar-refractivity contribution is 0.102. The van der Waals surface area contributed by atoms with Gasteiger partial charge in [0.2, 0.25) is 0 Å². The quantitative estimate of drug-likeness (QED) is 0.578. The van der Waals surface area contributed by atoms with Gasteiger partial charge < -0.3 is 10.7 Å². The molecule has 1 aromatic carbocycles. The fraction of sp³-hybridized carbons (Fsp3) is 0.143. The number of nitrogens with one attached hydrogen (secondary N) is 2. The molecule has 4 N–H and O–H groups in total. The van der Waals surface area contributed by atoms with Crippen molar-refractivity contribution in [1.29, 1.82) is 0 Å². The molecule has 1 heterocycles. The Morgan fingerprint density at radius 2 is 1.95 bits per heavy atom. The van der Waals surface area contributed by atoms with E-state index < -0.39 is 0 Å². The van der Waals surface area contributed by atoms with Crippen LogP contribution in [0.5, 0.6) is 0 Å². The molecule has 0 unspecified atom stereocenters. The summed E-state index contributed by atoms with van der Waals surface area (Å²) in [4.78, 5) is 16.0. The summed E-state index contributed by atoms with van der Waals surface area (Å²) in [6.07, 6.45) is 2.45. The number of aromatic nitrogens is 1. The molecule has 0 saturated heterocycles. The second-order valence-electron chi connectivity index (χ2n) is 4.08. The van der Waals surface area contributed by atoms with Crippen LogP contribution in [-0.2, 0) is 6.42 Å². The van der Waals surface area contributed by atoms with Gasteiger partial charge in [-0.1, -0.05) is 19.1 Å². The summed E-state index contributed by atoms with van der Waals surface area (Å²) in [6.45, 7) is 2.09. The van der Waals surface area contributed by atoms with Gasteiger partial charge in [-0.05, 0) is 36.2 Å². The van der Waals surface area contributed by atoms with Crippen LogP contribution in [0.2, 0.25) is 0 Å². The van der Waals surface area contributed by atoms with Crippen LogP contribution in [0.1, 0.15) is 22.8 Å². The Morgan fingerprint density at radius 1 is 1.21 bits per heavy atom. The minimum Gasteiger partial charge on any atom is -0.322 e. The summed E-state index contributed by atoms with van der Waals surface area (Å²) in [5.41, 5.74) is 4.90. The summed E-state index contributed by atoms with van der Waals surface area (Å²) >= 11 is 0. The number of aryl methyl sites for hydroxylation is 1. The van der Waals surface area contributed by atoms with E-state index in [1.54, 1.807) is 12.1 Å². The molecule has 19 heavy (non-hydrogen) atoms. The lowest BCUT2D eigenvalue weighted by atomic mass is 10.1. The molecular weight excluding hydrogens is 240 g/mol. The molecular formula is C14H16N4O. The summed E-state index contributed by atoms with van der Waals surface area (Å²) in [5, 5.41) is 2.82. The number of pyridine rings is 1. The van der Waals surface area contributed by atoms with E-state index in [1.807, 2.05) is 24.3 Å². The number of carbonyl (C=O) groups is 1. The lowest BCUT2D eigenvalue weighted by Gasteiger charge is -2.06. The summed E-state index contributed by atoms with van der Waals surface area (Å²) in [6, 6.07) is 11.1. The number of hydrazine groups is 1. The molecule has 2 aromatic rings. The molecule has 0 aliphatic rings. The number of benzene rings is 1. The van der Waals surface area contributed by atoms with Crippen LogP contribution >= 0.6 is 0 Å². The summed E-state index contributed by atoms with van der Waals surface area (Å²) in [5.74, 6) is 5.54. The number of amides is 1. The minimum absolute atomic E-state index is 0.194. The van der Waals surface area contributed by atoms with Gasteiger partial charge in [0.15, 0.2) is 0 Å². The number of anilines is 2. The molecule has 0 atom stereocenters. The fourth-order valence-electron chi connectivity index (χ4n) is 1.64. The van der Waals surface area contributed by atoms with E-state index in [9.17, 15) is 4.79 Å². The highest BCUT2D eigenvalue weighted by Gasteiger charge is 2.06. The zero-order valence-electron chi connectivity index (χ0n) is 10.7. The highest BCUT2D eigenvalue weighted by Crippen LogP contribution is 2.12. The topological polar surface area (TPSA) is 80.0 Å². The van der Waals surface area contributed by atoms with Gasteiger partial charge in [0.1, 0.15) is 5.82 Å². The Morgan fingerprint density at radius 3 is 2.47 bits per heavy atom. The number of nitrogens with zero attached hydrogens (tertiary/aromatic N) is 1. The number of hydrogen-bond acceptors (Lipinski definition) is 4. The first-order chi connectivity index (χ1) is 9.22. The molecule has 1 aromatic heterocycles. The predicted octanol–water partition coefficient (Wildman–Crippen LogP) is 2.18. The van der Waals surface area contributed by atoms with Gasteiger partial charge in [0.25, 0.3) is 5.91 Å². The fourth-order valence-corrected chi connectivity index (χ4v) is 1.64. The first-order valence-corrected chi connectivity index (χ1v) is 6.06. The average Bonchev–Trinajstić information content (AvgIpc) is 2.48. The van der Waals surface area contributed by atoms with Gasteiger partial charge in [0.05, 0.1) is 5.56 Å². The number of nitrogens with two attached hydrogens (primary N) is 1. The maximum atomic E-state index is 12.0. The van der Waals surface area contributed by atoms with Crippen molar-refractivity contribution in [2.45, 2.75) is 13.3 Å². The van der Waals surface area contributed by atoms with Gasteiger partial charge >= 0.3 is 0 Å². The zero-order chi connectivity index (χ0) is 13.7. The van der Waals surface area contributed by atoms with Gasteiger partial charge in [-0.2, -0.15) is 0 Å². The average molecular weight is 256 g/mol. The molecule has 0 bridgehead atoms. The van der Waals surface area contributed by atoms with Crippen molar-refractivity contribution in [2.24, 2.45) is 5.84 Å². The third-order valence-electron chi connectivity index (χ3n) is 2.79. The maximum Gasteiger partial charge on any atom is 0.257 e. The van der Waals surface area contributed by atoms with Crippen LogP contribution in [0.4, 0.5) is 11.5 Å². The second kappa shape index (κ2) is 5.97. The molecule has 0 aliphatic heterocycles. The number of hydrogen-bond donors (Lipinski definition) is 3. The van der Waals surface area contributed by atoms with Crippen LogP contribution in [0.25, 0.3) is 0 Å². The third kappa shape index (κ3) is 3.29. The van der Waals surface area contributed by atoms with E-state index in [1.165, 1.54) is 11.8 Å². The first kappa shape index (κ1) is 13.0. The Hall–Kier alpha value is -2.40. The van der Waals surface area contributed by atoms with Gasteiger partial charge in [-0.25, -0.2) is 10.8 Å². The second-order valence-corrected chi connectivity index (χ2v) is 4.08. The third-order valence-corrected chi connectivity index (χ3v) is 2.79. The molecule has 5 nitrogen and oxygen atoms in total. The Kier molecular flexibility index (Phi) is 4.10. The number of carbonyl (C=O) groups excluding carboxylic acids is 1. The van der Waals surface area contributed by atoms with Crippen molar-refractivity contribution < 1.29 is 4.79 Å². The SMILES string of the molecule is CCc1ccc(NC(=O)c2ccc(NN)nc2)cc1. The lowest BCUT2D eigenvalue weighted by Crippen LogP contribution is -2.13. The van der Waals surface area contributed by atoms with Gasteiger partial charge in [-0.15, -0.1) is 0 Å². The van der Waals surface area contributed by atoms with Crippen molar-refractivity contribution in [2.75, 3.05) is 10.7 Å². The minimum atomic E-state index is -0.194.